The molecule has 1 nitrogen and oxygen atoms in total. The van der Waals surface area contributed by atoms with Crippen molar-refractivity contribution in [2.45, 2.75) is 44.4 Å². The van der Waals surface area contributed by atoms with E-state index in [1.165, 1.54) is 10.5 Å². The van der Waals surface area contributed by atoms with E-state index in [1.807, 2.05) is 0 Å². The van der Waals surface area contributed by atoms with Crippen LogP contribution >= 0.6 is 11.8 Å². The Morgan fingerprint density at radius 1 is 1.29 bits per heavy atom. The van der Waals surface area contributed by atoms with Gasteiger partial charge in [-0.3, -0.25) is 4.79 Å². The van der Waals surface area contributed by atoms with E-state index in [2.05, 4.69) is 44.4 Å². The Hall–Kier alpha value is -0.760. The van der Waals surface area contributed by atoms with Gasteiger partial charge in [-0.15, -0.1) is 11.8 Å². The largest absolute Gasteiger partial charge is 0.300 e. The number of carbonyl (C=O) groups excluding carboxylic acids is 1. The molecule has 0 aliphatic rings. The van der Waals surface area contributed by atoms with E-state index in [4.69, 9.17) is 0 Å². The number of hydrogen-bond acceptors (Lipinski definition) is 2. The maximum atomic E-state index is 11.5. The summed E-state index contributed by atoms with van der Waals surface area (Å²) in [5, 5.41) is 0. The SMILES string of the molecule is CCCC(=O)CC(C)Cc1ccc(SC)cc1. The monoisotopic (exact) mass is 250 g/mol. The molecule has 0 aliphatic heterocycles. The molecule has 94 valence electrons. The number of carbonyl (C=O) groups is 1. The third-order valence-corrected chi connectivity index (χ3v) is 3.59. The Kier molecular flexibility index (Phi) is 6.35. The second kappa shape index (κ2) is 7.54. The molecule has 0 bridgehead atoms. The van der Waals surface area contributed by atoms with Crippen LogP contribution in [-0.4, -0.2) is 12.0 Å². The zero-order chi connectivity index (χ0) is 12.7. The van der Waals surface area contributed by atoms with Crippen LogP contribution in [0.15, 0.2) is 29.2 Å². The standard InChI is InChI=1S/C15H22OS/c1-4-5-14(16)11-12(2)10-13-6-8-15(17-3)9-7-13/h6-9,12H,4-5,10-11H2,1-3H3. The zero-order valence-electron chi connectivity index (χ0n) is 11.0. The molecule has 0 aromatic heterocycles. The van der Waals surface area contributed by atoms with E-state index in [-0.39, 0.29) is 0 Å². The van der Waals surface area contributed by atoms with Gasteiger partial charge < -0.3 is 0 Å². The van der Waals surface area contributed by atoms with Gasteiger partial charge in [0.25, 0.3) is 0 Å². The minimum absolute atomic E-state index is 0.403. The summed E-state index contributed by atoms with van der Waals surface area (Å²) < 4.78 is 0. The predicted molar refractivity (Wildman–Crippen MR) is 75.6 cm³/mol. The molecule has 0 aliphatic carbocycles. The van der Waals surface area contributed by atoms with Crippen LogP contribution in [0.2, 0.25) is 0 Å². The maximum absolute atomic E-state index is 11.5. The molecule has 0 heterocycles. The van der Waals surface area contributed by atoms with Crippen molar-refractivity contribution < 1.29 is 4.79 Å². The summed E-state index contributed by atoms with van der Waals surface area (Å²) in [7, 11) is 0. The van der Waals surface area contributed by atoms with Gasteiger partial charge in [-0.05, 0) is 42.7 Å². The van der Waals surface area contributed by atoms with Gasteiger partial charge in [0.2, 0.25) is 0 Å². The molecule has 1 aromatic carbocycles. The van der Waals surface area contributed by atoms with Gasteiger partial charge in [0.1, 0.15) is 5.78 Å². The lowest BCUT2D eigenvalue weighted by Gasteiger charge is -2.10. The summed E-state index contributed by atoms with van der Waals surface area (Å²) in [6, 6.07) is 8.65. The van der Waals surface area contributed by atoms with Gasteiger partial charge in [-0.25, -0.2) is 0 Å². The van der Waals surface area contributed by atoms with Crippen LogP contribution in [0.1, 0.15) is 38.7 Å². The van der Waals surface area contributed by atoms with Crippen LogP contribution in [0.25, 0.3) is 0 Å². The van der Waals surface area contributed by atoms with Crippen molar-refractivity contribution in [3.63, 3.8) is 0 Å². The quantitative estimate of drug-likeness (QED) is 0.669. The van der Waals surface area contributed by atoms with E-state index < -0.39 is 0 Å². The highest BCUT2D eigenvalue weighted by molar-refractivity contribution is 7.98. The van der Waals surface area contributed by atoms with Crippen LogP contribution in [0, 0.1) is 5.92 Å². The average Bonchev–Trinajstić information content (AvgIpc) is 2.30. The second-order valence-corrected chi connectivity index (χ2v) is 5.53. The maximum Gasteiger partial charge on any atom is 0.133 e. The van der Waals surface area contributed by atoms with Crippen LogP contribution in [0.4, 0.5) is 0 Å². The van der Waals surface area contributed by atoms with Crippen molar-refractivity contribution >= 4 is 17.5 Å². The summed E-state index contributed by atoms with van der Waals surface area (Å²) >= 11 is 1.76. The fraction of sp³-hybridized carbons (Fsp3) is 0.533. The van der Waals surface area contributed by atoms with Crippen molar-refractivity contribution in [3.8, 4) is 0 Å². The molecule has 1 unspecified atom stereocenters. The first kappa shape index (κ1) is 14.3. The molecule has 1 atom stereocenters. The number of thioether (sulfide) groups is 1. The molecule has 0 radical (unpaired) electrons. The van der Waals surface area contributed by atoms with Crippen molar-refractivity contribution in [1.29, 1.82) is 0 Å². The molecule has 2 heteroatoms. The fourth-order valence-electron chi connectivity index (χ4n) is 2.01. The summed E-state index contributed by atoms with van der Waals surface area (Å²) in [6.07, 6.45) is 5.51. The molecule has 1 rings (SSSR count). The summed E-state index contributed by atoms with van der Waals surface area (Å²) in [4.78, 5) is 12.8. The Balaban J connectivity index is 2.44. The molecule has 17 heavy (non-hydrogen) atoms. The van der Waals surface area contributed by atoms with E-state index in [0.717, 1.165) is 25.7 Å². The second-order valence-electron chi connectivity index (χ2n) is 4.65. The highest BCUT2D eigenvalue weighted by Gasteiger charge is 2.09. The van der Waals surface area contributed by atoms with E-state index in [0.29, 0.717) is 11.7 Å². The molecule has 0 saturated heterocycles. The molecule has 0 amide bonds. The van der Waals surface area contributed by atoms with Crippen molar-refractivity contribution in [2.24, 2.45) is 5.92 Å². The van der Waals surface area contributed by atoms with Gasteiger partial charge in [-0.1, -0.05) is 26.0 Å². The molecule has 0 saturated carbocycles. The van der Waals surface area contributed by atoms with Crippen LogP contribution in [0.5, 0.6) is 0 Å². The molecule has 0 spiro atoms. The lowest BCUT2D eigenvalue weighted by Crippen LogP contribution is -2.07. The Morgan fingerprint density at radius 3 is 2.47 bits per heavy atom. The summed E-state index contributed by atoms with van der Waals surface area (Å²) in [6.45, 7) is 4.22. The average molecular weight is 250 g/mol. The minimum atomic E-state index is 0.403. The number of Topliss-reactive ketones (excluding diaryl/α,β-unsaturated/α-hetero) is 1. The van der Waals surface area contributed by atoms with Crippen LogP contribution in [0.3, 0.4) is 0 Å². The molecule has 0 N–H and O–H groups in total. The lowest BCUT2D eigenvalue weighted by molar-refractivity contribution is -0.119. The van der Waals surface area contributed by atoms with Crippen molar-refractivity contribution in [1.82, 2.24) is 0 Å². The first-order valence-corrected chi connectivity index (χ1v) is 7.52. The lowest BCUT2D eigenvalue weighted by atomic mass is 9.95. The number of ketones is 1. The number of rotatable bonds is 7. The van der Waals surface area contributed by atoms with Gasteiger partial charge in [0.15, 0.2) is 0 Å². The molecule has 1 aromatic rings. The zero-order valence-corrected chi connectivity index (χ0v) is 11.8. The number of benzene rings is 1. The summed E-state index contributed by atoms with van der Waals surface area (Å²) in [5.74, 6) is 0.856. The van der Waals surface area contributed by atoms with Gasteiger partial charge in [0, 0.05) is 17.7 Å². The highest BCUT2D eigenvalue weighted by Crippen LogP contribution is 2.18. The van der Waals surface area contributed by atoms with Crippen LogP contribution in [-0.2, 0) is 11.2 Å². The third kappa shape index (κ3) is 5.40. The normalized spacial score (nSPS) is 12.4. The molecular weight excluding hydrogens is 228 g/mol. The fourth-order valence-corrected chi connectivity index (χ4v) is 2.41. The van der Waals surface area contributed by atoms with Gasteiger partial charge >= 0.3 is 0 Å². The van der Waals surface area contributed by atoms with Crippen molar-refractivity contribution in [2.75, 3.05) is 6.26 Å². The van der Waals surface area contributed by atoms with E-state index in [9.17, 15) is 4.79 Å². The van der Waals surface area contributed by atoms with Crippen molar-refractivity contribution in [3.05, 3.63) is 29.8 Å². The van der Waals surface area contributed by atoms with Gasteiger partial charge in [0.05, 0.1) is 0 Å². The van der Waals surface area contributed by atoms with E-state index in [1.54, 1.807) is 11.8 Å². The molecular formula is C15H22OS. The molecule has 0 fully saturated rings. The Bertz CT molecular complexity index is 342. The Morgan fingerprint density at radius 2 is 1.94 bits per heavy atom. The predicted octanol–water partition coefficient (Wildman–Crippen LogP) is 4.35. The first-order chi connectivity index (χ1) is 8.15. The smallest absolute Gasteiger partial charge is 0.133 e. The first-order valence-electron chi connectivity index (χ1n) is 6.30. The number of hydrogen-bond donors (Lipinski definition) is 0. The highest BCUT2D eigenvalue weighted by atomic mass is 32.2. The topological polar surface area (TPSA) is 17.1 Å². The Labute approximate surface area is 109 Å². The van der Waals surface area contributed by atoms with E-state index >= 15 is 0 Å². The summed E-state index contributed by atoms with van der Waals surface area (Å²) in [5.41, 5.74) is 1.33. The van der Waals surface area contributed by atoms with Gasteiger partial charge in [-0.2, -0.15) is 0 Å². The third-order valence-electron chi connectivity index (χ3n) is 2.85. The van der Waals surface area contributed by atoms with Crippen LogP contribution < -0.4 is 0 Å². The minimum Gasteiger partial charge on any atom is -0.300 e.